The summed E-state index contributed by atoms with van der Waals surface area (Å²) in [6, 6.07) is 5.41. The highest BCUT2D eigenvalue weighted by molar-refractivity contribution is 9.11. The zero-order valence-corrected chi connectivity index (χ0v) is 15.1. The first-order valence-electron chi connectivity index (χ1n) is 7.33. The molecule has 0 fully saturated rings. The minimum atomic E-state index is -0.0564. The molecule has 0 saturated carbocycles. The average Bonchev–Trinajstić information content (AvgIpc) is 3.19. The lowest BCUT2D eigenvalue weighted by Gasteiger charge is -2.20. The van der Waals surface area contributed by atoms with Gasteiger partial charge in [-0.05, 0) is 41.1 Å². The monoisotopic (exact) mass is 401 g/mol. The fourth-order valence-electron chi connectivity index (χ4n) is 2.71. The Kier molecular flexibility index (Phi) is 3.85. The van der Waals surface area contributed by atoms with Crippen molar-refractivity contribution >= 4 is 33.2 Å². The number of carbonyl (C=O) groups excluding carboxylic acids is 1. The van der Waals surface area contributed by atoms with Crippen LogP contribution in [0.2, 0.25) is 0 Å². The van der Waals surface area contributed by atoms with E-state index in [4.69, 9.17) is 0 Å². The van der Waals surface area contributed by atoms with Crippen molar-refractivity contribution < 1.29 is 4.79 Å². The van der Waals surface area contributed by atoms with Gasteiger partial charge in [0, 0.05) is 24.2 Å². The molecule has 1 aliphatic rings. The van der Waals surface area contributed by atoms with E-state index in [0.717, 1.165) is 15.0 Å². The van der Waals surface area contributed by atoms with Crippen molar-refractivity contribution in [3.8, 4) is 11.6 Å². The third-order valence-corrected chi connectivity index (χ3v) is 5.56. The lowest BCUT2D eigenvalue weighted by Crippen LogP contribution is -2.27. The number of fused-ring (bicyclic) bond motifs is 1. The fraction of sp³-hybridized carbons (Fsp3) is 0.188. The van der Waals surface area contributed by atoms with Crippen LogP contribution in [0.1, 0.15) is 33.9 Å². The normalized spacial score (nSPS) is 16.2. The topological polar surface area (TPSA) is 71.9 Å². The van der Waals surface area contributed by atoms with Crippen molar-refractivity contribution in [3.05, 3.63) is 56.7 Å². The molecule has 8 heteroatoms. The summed E-state index contributed by atoms with van der Waals surface area (Å²) in [4.78, 5) is 32.5. The number of nitrogens with zero attached hydrogens (tertiary/aromatic N) is 5. The third kappa shape index (κ3) is 2.61. The Labute approximate surface area is 150 Å². The van der Waals surface area contributed by atoms with Crippen LogP contribution < -0.4 is 0 Å². The molecule has 0 aromatic carbocycles. The Morgan fingerprint density at radius 3 is 2.75 bits per heavy atom. The van der Waals surface area contributed by atoms with E-state index in [1.54, 1.807) is 24.7 Å². The third-order valence-electron chi connectivity index (χ3n) is 3.95. The Morgan fingerprint density at radius 2 is 2.04 bits per heavy atom. The second kappa shape index (κ2) is 6.03. The summed E-state index contributed by atoms with van der Waals surface area (Å²) < 4.78 is 0.943. The Hall–Kier alpha value is -2.19. The van der Waals surface area contributed by atoms with Crippen LogP contribution >= 0.6 is 27.3 Å². The molecule has 1 amide bonds. The van der Waals surface area contributed by atoms with Crippen LogP contribution in [0.5, 0.6) is 0 Å². The molecule has 120 valence electrons. The number of amides is 1. The lowest BCUT2D eigenvalue weighted by atomic mass is 10.1. The van der Waals surface area contributed by atoms with Crippen LogP contribution in [0.15, 0.2) is 40.6 Å². The number of hydrogen-bond donors (Lipinski definition) is 0. The summed E-state index contributed by atoms with van der Waals surface area (Å²) in [5.41, 5.74) is 1.82. The van der Waals surface area contributed by atoms with Gasteiger partial charge < -0.3 is 4.90 Å². The van der Waals surface area contributed by atoms with Crippen LogP contribution in [0.3, 0.4) is 0 Å². The number of thiophene rings is 1. The highest BCUT2D eigenvalue weighted by Gasteiger charge is 2.33. The van der Waals surface area contributed by atoms with Gasteiger partial charge in [0.2, 0.25) is 0 Å². The molecule has 4 rings (SSSR count). The molecule has 3 aromatic heterocycles. The Bertz CT molecular complexity index is 914. The molecule has 4 heterocycles. The molecule has 3 aromatic rings. The van der Waals surface area contributed by atoms with Crippen molar-refractivity contribution in [2.75, 3.05) is 0 Å². The minimum Gasteiger partial charge on any atom is -0.325 e. The number of rotatable bonds is 2. The van der Waals surface area contributed by atoms with Crippen molar-refractivity contribution in [1.82, 2.24) is 24.8 Å². The molecule has 0 saturated heterocycles. The predicted octanol–water partition coefficient (Wildman–Crippen LogP) is 3.47. The highest BCUT2D eigenvalue weighted by Crippen LogP contribution is 2.35. The Morgan fingerprint density at radius 1 is 1.25 bits per heavy atom. The van der Waals surface area contributed by atoms with E-state index in [1.165, 1.54) is 11.3 Å². The van der Waals surface area contributed by atoms with Gasteiger partial charge in [0.05, 0.1) is 26.9 Å². The number of aromatic nitrogens is 4. The van der Waals surface area contributed by atoms with E-state index in [1.807, 2.05) is 24.0 Å². The van der Waals surface area contributed by atoms with E-state index >= 15 is 0 Å². The van der Waals surface area contributed by atoms with Crippen LogP contribution in [-0.2, 0) is 6.54 Å². The molecule has 1 unspecified atom stereocenters. The van der Waals surface area contributed by atoms with Gasteiger partial charge in [0.15, 0.2) is 11.6 Å². The highest BCUT2D eigenvalue weighted by atomic mass is 79.9. The maximum atomic E-state index is 12.7. The smallest absolute Gasteiger partial charge is 0.264 e. The van der Waals surface area contributed by atoms with Crippen LogP contribution in [-0.4, -0.2) is 30.7 Å². The molecule has 0 aliphatic carbocycles. The van der Waals surface area contributed by atoms with Crippen LogP contribution in [0.25, 0.3) is 11.6 Å². The predicted molar refractivity (Wildman–Crippen MR) is 93.4 cm³/mol. The van der Waals surface area contributed by atoms with E-state index in [-0.39, 0.29) is 11.9 Å². The van der Waals surface area contributed by atoms with Gasteiger partial charge in [-0.1, -0.05) is 0 Å². The maximum Gasteiger partial charge on any atom is 0.264 e. The van der Waals surface area contributed by atoms with Crippen LogP contribution in [0.4, 0.5) is 0 Å². The molecule has 24 heavy (non-hydrogen) atoms. The first-order chi connectivity index (χ1) is 11.6. The van der Waals surface area contributed by atoms with Crippen molar-refractivity contribution in [2.24, 2.45) is 0 Å². The lowest BCUT2D eigenvalue weighted by molar-refractivity contribution is 0.0709. The zero-order valence-electron chi connectivity index (χ0n) is 12.7. The van der Waals surface area contributed by atoms with Gasteiger partial charge in [-0.25, -0.2) is 19.9 Å². The van der Waals surface area contributed by atoms with Gasteiger partial charge in [0.25, 0.3) is 5.91 Å². The molecular weight excluding hydrogens is 390 g/mol. The van der Waals surface area contributed by atoms with E-state index in [9.17, 15) is 4.79 Å². The molecule has 1 aliphatic heterocycles. The zero-order chi connectivity index (χ0) is 16.7. The van der Waals surface area contributed by atoms with Crippen molar-refractivity contribution in [3.63, 3.8) is 0 Å². The van der Waals surface area contributed by atoms with Crippen LogP contribution in [0, 0.1) is 0 Å². The van der Waals surface area contributed by atoms with Crippen molar-refractivity contribution in [1.29, 1.82) is 0 Å². The molecule has 0 radical (unpaired) electrons. The van der Waals surface area contributed by atoms with Gasteiger partial charge in [-0.2, -0.15) is 0 Å². The quantitative estimate of drug-likeness (QED) is 0.657. The van der Waals surface area contributed by atoms with E-state index < -0.39 is 0 Å². The molecule has 6 nitrogen and oxygen atoms in total. The summed E-state index contributed by atoms with van der Waals surface area (Å²) in [7, 11) is 0. The molecule has 1 atom stereocenters. The minimum absolute atomic E-state index is 0.00807. The summed E-state index contributed by atoms with van der Waals surface area (Å²) in [6.45, 7) is 2.46. The number of carbonyl (C=O) groups is 1. The van der Waals surface area contributed by atoms with Gasteiger partial charge in [0.1, 0.15) is 0 Å². The second-order valence-corrected chi connectivity index (χ2v) is 7.84. The number of halogens is 1. The standard InChI is InChI=1S/C16H12BrN5OS/c1-9-10-7-20-15(14-18-5-2-6-19-14)21-11(10)8-22(9)16(23)12-3-4-13(17)24-12/h2-7,9H,8H2,1H3. The fourth-order valence-corrected chi connectivity index (χ4v) is 4.05. The molecular formula is C16H12BrN5OS. The van der Waals surface area contributed by atoms with E-state index in [0.29, 0.717) is 23.1 Å². The molecule has 0 spiro atoms. The summed E-state index contributed by atoms with van der Waals surface area (Å²) in [6.07, 6.45) is 5.09. The molecule has 0 N–H and O–H groups in total. The molecule has 0 bridgehead atoms. The first kappa shape index (κ1) is 15.3. The number of hydrogen-bond acceptors (Lipinski definition) is 6. The average molecular weight is 402 g/mol. The van der Waals surface area contributed by atoms with Gasteiger partial charge >= 0.3 is 0 Å². The summed E-state index contributed by atoms with van der Waals surface area (Å²) in [5, 5.41) is 0. The maximum absolute atomic E-state index is 12.7. The first-order valence-corrected chi connectivity index (χ1v) is 8.94. The Balaban J connectivity index is 1.65. The summed E-state index contributed by atoms with van der Waals surface area (Å²) in [5.74, 6) is 0.975. The van der Waals surface area contributed by atoms with E-state index in [2.05, 4.69) is 35.9 Å². The summed E-state index contributed by atoms with van der Waals surface area (Å²) >= 11 is 4.83. The second-order valence-electron chi connectivity index (χ2n) is 5.38. The van der Waals surface area contributed by atoms with Gasteiger partial charge in [-0.3, -0.25) is 4.79 Å². The van der Waals surface area contributed by atoms with Gasteiger partial charge in [-0.15, -0.1) is 11.3 Å². The van der Waals surface area contributed by atoms with Crippen molar-refractivity contribution in [2.45, 2.75) is 19.5 Å². The largest absolute Gasteiger partial charge is 0.325 e. The SMILES string of the molecule is CC1c2cnc(-c3ncccn3)nc2CN1C(=O)c1ccc(Br)s1.